The second kappa shape index (κ2) is 5.21. The van der Waals surface area contributed by atoms with E-state index in [0.717, 1.165) is 6.07 Å². The molecule has 9 heteroatoms. The van der Waals surface area contributed by atoms with Crippen LogP contribution in [0, 0.1) is 0 Å². The lowest BCUT2D eigenvalue weighted by Gasteiger charge is -2.31. The van der Waals surface area contributed by atoms with Crippen molar-refractivity contribution >= 4 is 21.4 Å². The van der Waals surface area contributed by atoms with Gasteiger partial charge in [-0.05, 0) is 18.2 Å². The van der Waals surface area contributed by atoms with Crippen molar-refractivity contribution in [2.75, 3.05) is 29.5 Å². The van der Waals surface area contributed by atoms with Gasteiger partial charge in [-0.1, -0.05) is 0 Å². The molecule has 0 unspecified atom stereocenters. The molecule has 1 saturated heterocycles. The molecule has 2 rings (SSSR count). The Kier molecular flexibility index (Phi) is 3.87. The van der Waals surface area contributed by atoms with Crippen LogP contribution >= 0.6 is 0 Å². The van der Waals surface area contributed by atoms with Gasteiger partial charge in [0.05, 0.1) is 17.1 Å². The average molecular weight is 322 g/mol. The first-order valence-corrected chi connectivity index (χ1v) is 7.89. The van der Waals surface area contributed by atoms with Crippen LogP contribution < -0.4 is 10.6 Å². The highest BCUT2D eigenvalue weighted by atomic mass is 32.2. The number of sulfone groups is 1. The average Bonchev–Trinajstić information content (AvgIpc) is 2.37. The van der Waals surface area contributed by atoms with Crippen LogP contribution in [0.2, 0.25) is 0 Å². The molecule has 116 valence electrons. The van der Waals surface area contributed by atoms with Crippen molar-refractivity contribution in [2.45, 2.75) is 6.18 Å². The van der Waals surface area contributed by atoms with Crippen LogP contribution in [0.25, 0.3) is 0 Å². The van der Waals surface area contributed by atoms with E-state index in [-0.39, 0.29) is 35.8 Å². The van der Waals surface area contributed by atoms with E-state index in [0.29, 0.717) is 6.07 Å². The van der Waals surface area contributed by atoms with Gasteiger partial charge in [0.15, 0.2) is 9.84 Å². The number of hydrogen-bond acceptors (Lipinski definition) is 4. The highest BCUT2D eigenvalue weighted by Gasteiger charge is 2.36. The zero-order valence-corrected chi connectivity index (χ0v) is 11.7. The standard InChI is InChI=1S/C12H13F3N2O3S/c13-12(14,15)9-7-8(11(16)18)1-2-10(9)17-3-5-21(19,20)6-4-17/h1-2,7H,3-6H2,(H2,16,18). The zero-order chi connectivity index (χ0) is 15.8. The topological polar surface area (TPSA) is 80.5 Å². The monoisotopic (exact) mass is 322 g/mol. The summed E-state index contributed by atoms with van der Waals surface area (Å²) in [6, 6.07) is 3.05. The number of alkyl halides is 3. The van der Waals surface area contributed by atoms with Crippen molar-refractivity contribution in [3.05, 3.63) is 29.3 Å². The van der Waals surface area contributed by atoms with Crippen LogP contribution in [0.4, 0.5) is 18.9 Å². The highest BCUT2D eigenvalue weighted by molar-refractivity contribution is 7.91. The van der Waals surface area contributed by atoms with Crippen LogP contribution in [-0.4, -0.2) is 38.9 Å². The summed E-state index contributed by atoms with van der Waals surface area (Å²) in [6.45, 7) is -0.0251. The predicted molar refractivity (Wildman–Crippen MR) is 70.8 cm³/mol. The Balaban J connectivity index is 2.42. The zero-order valence-electron chi connectivity index (χ0n) is 10.9. The summed E-state index contributed by atoms with van der Waals surface area (Å²) in [5.74, 6) is -1.34. The highest BCUT2D eigenvalue weighted by Crippen LogP contribution is 2.37. The first-order chi connectivity index (χ1) is 9.60. The van der Waals surface area contributed by atoms with Gasteiger partial charge >= 0.3 is 6.18 Å². The minimum Gasteiger partial charge on any atom is -0.369 e. The van der Waals surface area contributed by atoms with Crippen molar-refractivity contribution in [3.8, 4) is 0 Å². The van der Waals surface area contributed by atoms with Crippen molar-refractivity contribution in [2.24, 2.45) is 5.73 Å². The third kappa shape index (κ3) is 3.46. The largest absolute Gasteiger partial charge is 0.418 e. The van der Waals surface area contributed by atoms with Gasteiger partial charge in [0, 0.05) is 24.3 Å². The molecule has 1 aliphatic heterocycles. The fourth-order valence-electron chi connectivity index (χ4n) is 2.15. The summed E-state index contributed by atoms with van der Waals surface area (Å²) in [5.41, 5.74) is 3.63. The number of carbonyl (C=O) groups is 1. The van der Waals surface area contributed by atoms with Crippen LogP contribution in [0.3, 0.4) is 0 Å². The van der Waals surface area contributed by atoms with Crippen LogP contribution in [-0.2, 0) is 16.0 Å². The molecule has 0 radical (unpaired) electrons. The predicted octanol–water partition coefficient (Wildman–Crippen LogP) is 1.04. The number of halogens is 3. The summed E-state index contributed by atoms with van der Waals surface area (Å²) in [6.07, 6.45) is -4.66. The summed E-state index contributed by atoms with van der Waals surface area (Å²) >= 11 is 0. The maximum Gasteiger partial charge on any atom is 0.418 e. The summed E-state index contributed by atoms with van der Waals surface area (Å²) < 4.78 is 62.0. The Hall–Kier alpha value is -1.77. The van der Waals surface area contributed by atoms with Gasteiger partial charge in [-0.15, -0.1) is 0 Å². The molecule has 0 aliphatic carbocycles. The summed E-state index contributed by atoms with van der Waals surface area (Å²) in [4.78, 5) is 12.4. The van der Waals surface area contributed by atoms with Gasteiger partial charge in [0.1, 0.15) is 0 Å². The number of hydrogen-bond donors (Lipinski definition) is 1. The lowest BCUT2D eigenvalue weighted by atomic mass is 10.1. The molecule has 0 atom stereocenters. The number of benzene rings is 1. The number of nitrogens with zero attached hydrogens (tertiary/aromatic N) is 1. The third-order valence-corrected chi connectivity index (χ3v) is 4.88. The number of amides is 1. The molecule has 0 aromatic heterocycles. The van der Waals surface area contributed by atoms with Gasteiger partial charge in [-0.3, -0.25) is 4.79 Å². The lowest BCUT2D eigenvalue weighted by Crippen LogP contribution is -2.41. The Morgan fingerprint density at radius 2 is 1.76 bits per heavy atom. The number of primary amides is 1. The van der Waals surface area contributed by atoms with Crippen molar-refractivity contribution in [3.63, 3.8) is 0 Å². The molecule has 0 bridgehead atoms. The van der Waals surface area contributed by atoms with Gasteiger partial charge < -0.3 is 10.6 Å². The van der Waals surface area contributed by atoms with Gasteiger partial charge in [0.25, 0.3) is 0 Å². The molecule has 1 aliphatic rings. The smallest absolute Gasteiger partial charge is 0.369 e. The van der Waals surface area contributed by atoms with Crippen LogP contribution in [0.15, 0.2) is 18.2 Å². The third-order valence-electron chi connectivity index (χ3n) is 3.27. The number of carbonyl (C=O) groups excluding carboxylic acids is 1. The molecular weight excluding hydrogens is 309 g/mol. The molecule has 1 fully saturated rings. The second-order valence-corrected chi connectivity index (χ2v) is 7.04. The molecule has 1 aromatic rings. The van der Waals surface area contributed by atoms with E-state index < -0.39 is 27.5 Å². The van der Waals surface area contributed by atoms with Gasteiger partial charge in [-0.25, -0.2) is 8.42 Å². The maximum atomic E-state index is 13.1. The van der Waals surface area contributed by atoms with E-state index >= 15 is 0 Å². The Labute approximate surface area is 119 Å². The van der Waals surface area contributed by atoms with Crippen molar-refractivity contribution in [1.29, 1.82) is 0 Å². The second-order valence-electron chi connectivity index (χ2n) is 4.73. The SMILES string of the molecule is NC(=O)c1ccc(N2CCS(=O)(=O)CC2)c(C(F)(F)F)c1. The minimum atomic E-state index is -4.66. The molecule has 5 nitrogen and oxygen atoms in total. The Morgan fingerprint density at radius 3 is 2.24 bits per heavy atom. The molecule has 21 heavy (non-hydrogen) atoms. The molecule has 1 heterocycles. The first kappa shape index (κ1) is 15.6. The van der Waals surface area contributed by atoms with Crippen molar-refractivity contribution in [1.82, 2.24) is 0 Å². The van der Waals surface area contributed by atoms with Gasteiger partial charge in [0.2, 0.25) is 5.91 Å². The number of rotatable bonds is 2. The first-order valence-electron chi connectivity index (χ1n) is 6.06. The minimum absolute atomic E-state index is 0.0126. The van der Waals surface area contributed by atoms with E-state index in [1.165, 1.54) is 11.0 Å². The molecule has 0 saturated carbocycles. The molecule has 2 N–H and O–H groups in total. The van der Waals surface area contributed by atoms with E-state index in [1.807, 2.05) is 0 Å². The van der Waals surface area contributed by atoms with E-state index in [9.17, 15) is 26.4 Å². The summed E-state index contributed by atoms with van der Waals surface area (Å²) in [7, 11) is -3.19. The van der Waals surface area contributed by atoms with E-state index in [1.54, 1.807) is 0 Å². The fourth-order valence-corrected chi connectivity index (χ4v) is 3.35. The lowest BCUT2D eigenvalue weighted by molar-refractivity contribution is -0.137. The van der Waals surface area contributed by atoms with Crippen molar-refractivity contribution < 1.29 is 26.4 Å². The Morgan fingerprint density at radius 1 is 1.19 bits per heavy atom. The normalized spacial score (nSPS) is 18.5. The van der Waals surface area contributed by atoms with Crippen LogP contribution in [0.5, 0.6) is 0 Å². The Bertz CT molecular complexity index is 657. The summed E-state index contributed by atoms with van der Waals surface area (Å²) in [5, 5.41) is 0. The molecule has 1 aromatic carbocycles. The quantitative estimate of drug-likeness (QED) is 0.882. The fraction of sp³-hybridized carbons (Fsp3) is 0.417. The molecule has 1 amide bonds. The molecule has 0 spiro atoms. The van der Waals surface area contributed by atoms with Gasteiger partial charge in [-0.2, -0.15) is 13.2 Å². The number of anilines is 1. The maximum absolute atomic E-state index is 13.1. The number of nitrogens with two attached hydrogens (primary N) is 1. The molecular formula is C12H13F3N2O3S. The van der Waals surface area contributed by atoms with E-state index in [2.05, 4.69) is 0 Å². The van der Waals surface area contributed by atoms with Crippen LogP contribution in [0.1, 0.15) is 15.9 Å². The van der Waals surface area contributed by atoms with E-state index in [4.69, 9.17) is 5.73 Å².